The van der Waals surface area contributed by atoms with Crippen LogP contribution in [0.1, 0.15) is 36.2 Å². The molecule has 0 saturated heterocycles. The third kappa shape index (κ3) is 4.39. The highest BCUT2D eigenvalue weighted by Crippen LogP contribution is 2.14. The Hall–Kier alpha value is -2.25. The molecule has 7 heteroatoms. The third-order valence-corrected chi connectivity index (χ3v) is 5.24. The number of nitrogens with zero attached hydrogens (tertiary/aromatic N) is 1. The zero-order valence-corrected chi connectivity index (χ0v) is 14.7. The van der Waals surface area contributed by atoms with Crippen molar-refractivity contribution < 1.29 is 13.2 Å². The Kier molecular flexibility index (Phi) is 5.69. The molecule has 128 valence electrons. The Morgan fingerprint density at radius 1 is 1.21 bits per heavy atom. The topological polar surface area (TPSA) is 88.2 Å². The molecule has 1 atom stereocenters. The first-order valence-corrected chi connectivity index (χ1v) is 9.17. The van der Waals surface area contributed by atoms with E-state index in [4.69, 9.17) is 0 Å². The number of carbonyl (C=O) groups excluding carboxylic acids is 1. The van der Waals surface area contributed by atoms with Crippen LogP contribution in [0.3, 0.4) is 0 Å². The number of pyridine rings is 1. The van der Waals surface area contributed by atoms with Crippen LogP contribution in [0.15, 0.2) is 47.5 Å². The van der Waals surface area contributed by atoms with Gasteiger partial charge >= 0.3 is 0 Å². The number of benzene rings is 1. The Morgan fingerprint density at radius 3 is 2.46 bits per heavy atom. The normalized spacial score (nSPS) is 12.6. The molecule has 2 N–H and O–H groups in total. The number of aryl methyl sites for hydroxylation is 1. The highest BCUT2D eigenvalue weighted by atomic mass is 32.2. The molecule has 1 aromatic carbocycles. The summed E-state index contributed by atoms with van der Waals surface area (Å²) in [6.45, 7) is 5.55. The van der Waals surface area contributed by atoms with Gasteiger partial charge in [-0.3, -0.25) is 4.79 Å². The minimum Gasteiger partial charge on any atom is -0.306 e. The number of amides is 1. The maximum Gasteiger partial charge on any atom is 0.256 e. The van der Waals surface area contributed by atoms with Gasteiger partial charge in [-0.15, -0.1) is 0 Å². The fourth-order valence-corrected chi connectivity index (χ4v) is 3.32. The van der Waals surface area contributed by atoms with Crippen LogP contribution < -0.4 is 10.0 Å². The van der Waals surface area contributed by atoms with Crippen LogP contribution in [0.25, 0.3) is 0 Å². The molecule has 0 spiro atoms. The Labute approximate surface area is 142 Å². The number of rotatable bonds is 6. The number of nitrogens with one attached hydrogen (secondary N) is 2. The summed E-state index contributed by atoms with van der Waals surface area (Å²) in [6.07, 6.45) is 2.29. The molecule has 0 fully saturated rings. The van der Waals surface area contributed by atoms with Gasteiger partial charge in [0.25, 0.3) is 5.91 Å². The predicted molar refractivity (Wildman–Crippen MR) is 93.4 cm³/mol. The molecule has 0 aliphatic rings. The van der Waals surface area contributed by atoms with Crippen molar-refractivity contribution in [3.63, 3.8) is 0 Å². The summed E-state index contributed by atoms with van der Waals surface area (Å²) >= 11 is 0. The van der Waals surface area contributed by atoms with Crippen LogP contribution >= 0.6 is 0 Å². The second-order valence-electron chi connectivity index (χ2n) is 5.58. The summed E-state index contributed by atoms with van der Waals surface area (Å²) < 4.78 is 27.0. The predicted octanol–water partition coefficient (Wildman–Crippen LogP) is 2.72. The van der Waals surface area contributed by atoms with Crippen molar-refractivity contribution in [3.05, 3.63) is 53.7 Å². The third-order valence-electron chi connectivity index (χ3n) is 3.64. The second-order valence-corrected chi connectivity index (χ2v) is 7.29. The number of anilines is 1. The standard InChI is InChI=1S/C17H21N3O3S/c1-4-13(3)20-24(22,23)15-9-7-14(8-10-15)17(21)19-16-12(2)6-5-11-18-16/h5-11,13,20H,4H2,1-3H3,(H,18,19,21)/t13-/m1/s1. The summed E-state index contributed by atoms with van der Waals surface area (Å²) in [6, 6.07) is 9.30. The van der Waals surface area contributed by atoms with Gasteiger partial charge in [0.15, 0.2) is 0 Å². The van der Waals surface area contributed by atoms with Gasteiger partial charge in [0.2, 0.25) is 10.0 Å². The lowest BCUT2D eigenvalue weighted by molar-refractivity contribution is 0.102. The molecule has 24 heavy (non-hydrogen) atoms. The molecule has 0 saturated carbocycles. The van der Waals surface area contributed by atoms with Crippen LogP contribution in [-0.4, -0.2) is 25.4 Å². The van der Waals surface area contributed by atoms with Crippen molar-refractivity contribution in [3.8, 4) is 0 Å². The molecule has 2 aromatic rings. The van der Waals surface area contributed by atoms with E-state index in [0.717, 1.165) is 5.56 Å². The Bertz CT molecular complexity index is 817. The van der Waals surface area contributed by atoms with Crippen LogP contribution in [0.5, 0.6) is 0 Å². The number of carbonyl (C=O) groups is 1. The van der Waals surface area contributed by atoms with E-state index in [2.05, 4.69) is 15.0 Å². The monoisotopic (exact) mass is 347 g/mol. The number of aromatic nitrogens is 1. The highest BCUT2D eigenvalue weighted by Gasteiger charge is 2.17. The quantitative estimate of drug-likeness (QED) is 0.841. The van der Waals surface area contributed by atoms with Crippen molar-refractivity contribution in [2.24, 2.45) is 0 Å². The molecule has 0 bridgehead atoms. The van der Waals surface area contributed by atoms with Crippen molar-refractivity contribution >= 4 is 21.7 Å². The zero-order valence-electron chi connectivity index (χ0n) is 13.9. The maximum atomic E-state index is 12.2. The second kappa shape index (κ2) is 7.55. The lowest BCUT2D eigenvalue weighted by atomic mass is 10.2. The van der Waals surface area contributed by atoms with E-state index in [1.807, 2.05) is 19.9 Å². The molecule has 0 aliphatic carbocycles. The molecular formula is C17H21N3O3S. The average Bonchev–Trinajstić information content (AvgIpc) is 2.56. The van der Waals surface area contributed by atoms with Crippen LogP contribution in [-0.2, 0) is 10.0 Å². The van der Waals surface area contributed by atoms with Crippen LogP contribution in [0.2, 0.25) is 0 Å². The molecular weight excluding hydrogens is 326 g/mol. The number of sulfonamides is 1. The fourth-order valence-electron chi connectivity index (χ4n) is 2.00. The largest absolute Gasteiger partial charge is 0.306 e. The van der Waals surface area contributed by atoms with Gasteiger partial charge in [-0.05, 0) is 56.2 Å². The zero-order chi connectivity index (χ0) is 17.7. The molecule has 2 rings (SSSR count). The van der Waals surface area contributed by atoms with Gasteiger partial charge in [0.05, 0.1) is 4.90 Å². The van der Waals surface area contributed by atoms with Crippen molar-refractivity contribution in [2.75, 3.05) is 5.32 Å². The highest BCUT2D eigenvalue weighted by molar-refractivity contribution is 7.89. The van der Waals surface area contributed by atoms with Gasteiger partial charge in [-0.25, -0.2) is 18.1 Å². The summed E-state index contributed by atoms with van der Waals surface area (Å²) in [5.41, 5.74) is 1.21. The van der Waals surface area contributed by atoms with E-state index in [0.29, 0.717) is 17.8 Å². The minimum atomic E-state index is -3.57. The van der Waals surface area contributed by atoms with E-state index >= 15 is 0 Å². The Morgan fingerprint density at radius 2 is 1.88 bits per heavy atom. The summed E-state index contributed by atoms with van der Waals surface area (Å²) in [5, 5.41) is 2.71. The van der Waals surface area contributed by atoms with Gasteiger partial charge in [0.1, 0.15) is 5.82 Å². The number of hydrogen-bond acceptors (Lipinski definition) is 4. The van der Waals surface area contributed by atoms with Gasteiger partial charge < -0.3 is 5.32 Å². The van der Waals surface area contributed by atoms with Crippen molar-refractivity contribution in [1.29, 1.82) is 0 Å². The van der Waals surface area contributed by atoms with Crippen LogP contribution in [0.4, 0.5) is 5.82 Å². The molecule has 1 amide bonds. The van der Waals surface area contributed by atoms with E-state index in [-0.39, 0.29) is 16.8 Å². The minimum absolute atomic E-state index is 0.133. The molecule has 1 aromatic heterocycles. The smallest absolute Gasteiger partial charge is 0.256 e. The lowest BCUT2D eigenvalue weighted by Gasteiger charge is -2.12. The van der Waals surface area contributed by atoms with E-state index in [9.17, 15) is 13.2 Å². The average molecular weight is 347 g/mol. The molecule has 0 aliphatic heterocycles. The van der Waals surface area contributed by atoms with E-state index in [1.54, 1.807) is 19.2 Å². The van der Waals surface area contributed by atoms with Gasteiger partial charge in [-0.1, -0.05) is 13.0 Å². The first-order chi connectivity index (χ1) is 11.3. The van der Waals surface area contributed by atoms with Crippen molar-refractivity contribution in [1.82, 2.24) is 9.71 Å². The maximum absolute atomic E-state index is 12.2. The first kappa shape index (κ1) is 18.1. The van der Waals surface area contributed by atoms with Crippen LogP contribution in [0, 0.1) is 6.92 Å². The molecule has 1 heterocycles. The summed E-state index contributed by atoms with van der Waals surface area (Å²) in [5.74, 6) is 0.147. The first-order valence-electron chi connectivity index (χ1n) is 7.69. The number of hydrogen-bond donors (Lipinski definition) is 2. The molecule has 0 unspecified atom stereocenters. The van der Waals surface area contributed by atoms with Crippen molar-refractivity contribution in [2.45, 2.75) is 38.1 Å². The fraction of sp³-hybridized carbons (Fsp3) is 0.294. The molecule has 0 radical (unpaired) electrons. The Balaban J connectivity index is 2.14. The van der Waals surface area contributed by atoms with Gasteiger partial charge in [0, 0.05) is 17.8 Å². The molecule has 6 nitrogen and oxygen atoms in total. The van der Waals surface area contributed by atoms with E-state index in [1.165, 1.54) is 24.3 Å². The summed E-state index contributed by atoms with van der Waals surface area (Å²) in [7, 11) is -3.57. The lowest BCUT2D eigenvalue weighted by Crippen LogP contribution is -2.32. The van der Waals surface area contributed by atoms with E-state index < -0.39 is 10.0 Å². The summed E-state index contributed by atoms with van der Waals surface area (Å²) in [4.78, 5) is 16.5. The SMILES string of the molecule is CC[C@@H](C)NS(=O)(=O)c1ccc(C(=O)Nc2ncccc2C)cc1. The van der Waals surface area contributed by atoms with Gasteiger partial charge in [-0.2, -0.15) is 0 Å².